The highest BCUT2D eigenvalue weighted by molar-refractivity contribution is 5.41. The zero-order valence-electron chi connectivity index (χ0n) is 13.6. The topological polar surface area (TPSA) is 38.5 Å². The van der Waals surface area contributed by atoms with E-state index in [9.17, 15) is 0 Å². The van der Waals surface area contributed by atoms with Gasteiger partial charge in [0.2, 0.25) is 0 Å². The molecule has 116 valence electrons. The van der Waals surface area contributed by atoms with Crippen LogP contribution in [0, 0.1) is 5.92 Å². The fourth-order valence-electron chi connectivity index (χ4n) is 4.01. The molecule has 1 aliphatic carbocycles. The molecule has 1 aliphatic heterocycles. The van der Waals surface area contributed by atoms with Crippen molar-refractivity contribution < 1.29 is 4.74 Å². The molecule has 1 saturated carbocycles. The van der Waals surface area contributed by atoms with Crippen molar-refractivity contribution in [1.29, 1.82) is 0 Å². The molecule has 2 aliphatic rings. The van der Waals surface area contributed by atoms with Crippen LogP contribution in [-0.4, -0.2) is 31.1 Å². The lowest BCUT2D eigenvalue weighted by atomic mass is 9.70. The molecule has 3 nitrogen and oxygen atoms in total. The van der Waals surface area contributed by atoms with Crippen molar-refractivity contribution in [3.8, 4) is 5.75 Å². The van der Waals surface area contributed by atoms with E-state index in [4.69, 9.17) is 10.5 Å². The summed E-state index contributed by atoms with van der Waals surface area (Å²) in [6.07, 6.45) is 5.95. The summed E-state index contributed by atoms with van der Waals surface area (Å²) in [7, 11) is 4.37. The minimum atomic E-state index is 0.0749. The summed E-state index contributed by atoms with van der Waals surface area (Å²) in [4.78, 5) is 2.37. The van der Waals surface area contributed by atoms with Crippen molar-refractivity contribution >= 4 is 0 Å². The predicted octanol–water partition coefficient (Wildman–Crippen LogP) is 3.13. The van der Waals surface area contributed by atoms with Crippen molar-refractivity contribution in [2.24, 2.45) is 11.7 Å². The van der Waals surface area contributed by atoms with Gasteiger partial charge in [-0.25, -0.2) is 0 Å². The van der Waals surface area contributed by atoms with Crippen molar-refractivity contribution in [3.63, 3.8) is 0 Å². The maximum Gasteiger partial charge on any atom is 0.122 e. The molecule has 0 spiro atoms. The predicted molar refractivity (Wildman–Crippen MR) is 86.6 cm³/mol. The van der Waals surface area contributed by atoms with E-state index in [1.54, 1.807) is 0 Å². The van der Waals surface area contributed by atoms with Crippen LogP contribution < -0.4 is 10.5 Å². The average Bonchev–Trinajstić information content (AvgIpc) is 2.94. The minimum absolute atomic E-state index is 0.0749. The average molecular weight is 288 g/mol. The van der Waals surface area contributed by atoms with E-state index in [1.807, 2.05) is 0 Å². The number of fused-ring (bicyclic) bond motifs is 1. The maximum absolute atomic E-state index is 6.76. The van der Waals surface area contributed by atoms with Crippen LogP contribution in [0.25, 0.3) is 0 Å². The van der Waals surface area contributed by atoms with Gasteiger partial charge in [0.1, 0.15) is 5.75 Å². The first kappa shape index (κ1) is 14.9. The van der Waals surface area contributed by atoms with Crippen LogP contribution in [0.3, 0.4) is 0 Å². The Hall–Kier alpha value is -1.06. The third-order valence-electron chi connectivity index (χ3n) is 5.68. The summed E-state index contributed by atoms with van der Waals surface area (Å²) in [5.41, 5.74) is 9.45. The minimum Gasteiger partial charge on any atom is -0.493 e. The lowest BCUT2D eigenvalue weighted by molar-refractivity contribution is 0.0564. The van der Waals surface area contributed by atoms with Crippen molar-refractivity contribution in [2.45, 2.75) is 50.6 Å². The maximum atomic E-state index is 6.76. The van der Waals surface area contributed by atoms with Crippen molar-refractivity contribution in [2.75, 3.05) is 20.7 Å². The van der Waals surface area contributed by atoms with E-state index in [2.05, 4.69) is 44.1 Å². The lowest BCUT2D eigenvalue weighted by Crippen LogP contribution is -2.54. The molecule has 1 fully saturated rings. The monoisotopic (exact) mass is 288 g/mol. The second-order valence-corrected chi connectivity index (χ2v) is 7.12. The van der Waals surface area contributed by atoms with E-state index < -0.39 is 0 Å². The first-order valence-corrected chi connectivity index (χ1v) is 8.21. The molecule has 0 amide bonds. The summed E-state index contributed by atoms with van der Waals surface area (Å²) in [5.74, 6) is 1.88. The normalized spacial score (nSPS) is 30.0. The SMILES string of the molecule is CC1CCC(C(N)c2ccc3c(c2)CCO3)(N(C)C)CC1. The number of nitrogens with zero attached hydrogens (tertiary/aromatic N) is 1. The molecule has 0 aromatic heterocycles. The summed E-state index contributed by atoms with van der Waals surface area (Å²) >= 11 is 0. The van der Waals surface area contributed by atoms with Gasteiger partial charge in [-0.05, 0) is 62.9 Å². The van der Waals surface area contributed by atoms with Crippen LogP contribution in [-0.2, 0) is 6.42 Å². The molecular formula is C18H28N2O. The third kappa shape index (κ3) is 2.58. The molecule has 2 N–H and O–H groups in total. The highest BCUT2D eigenvalue weighted by Crippen LogP contribution is 2.43. The molecule has 3 heteroatoms. The number of ether oxygens (including phenoxy) is 1. The van der Waals surface area contributed by atoms with Gasteiger partial charge in [-0.3, -0.25) is 0 Å². The van der Waals surface area contributed by atoms with Crippen LogP contribution >= 0.6 is 0 Å². The Balaban J connectivity index is 1.89. The Labute approximate surface area is 128 Å². The van der Waals surface area contributed by atoms with Crippen LogP contribution in [0.5, 0.6) is 5.75 Å². The van der Waals surface area contributed by atoms with Crippen LogP contribution in [0.4, 0.5) is 0 Å². The van der Waals surface area contributed by atoms with Crippen molar-refractivity contribution in [3.05, 3.63) is 29.3 Å². The number of hydrogen-bond donors (Lipinski definition) is 1. The first-order valence-electron chi connectivity index (χ1n) is 8.21. The number of rotatable bonds is 3. The van der Waals surface area contributed by atoms with Gasteiger partial charge in [0.15, 0.2) is 0 Å². The molecule has 1 atom stereocenters. The standard InChI is InChI=1S/C18H28N2O/c1-13-6-9-18(10-7-13,20(2)3)17(19)15-4-5-16-14(12-15)8-11-21-16/h4-5,12-13,17H,6-11,19H2,1-3H3. The second-order valence-electron chi connectivity index (χ2n) is 7.12. The smallest absolute Gasteiger partial charge is 0.122 e. The molecule has 0 saturated heterocycles. The number of hydrogen-bond acceptors (Lipinski definition) is 3. The van der Waals surface area contributed by atoms with Crippen LogP contribution in [0.15, 0.2) is 18.2 Å². The fraction of sp³-hybridized carbons (Fsp3) is 0.667. The summed E-state index contributed by atoms with van der Waals surface area (Å²) in [5, 5.41) is 0. The third-order valence-corrected chi connectivity index (χ3v) is 5.68. The summed E-state index contributed by atoms with van der Waals surface area (Å²) < 4.78 is 5.61. The zero-order valence-corrected chi connectivity index (χ0v) is 13.6. The Kier molecular flexibility index (Phi) is 3.98. The Morgan fingerprint density at radius 1 is 1.29 bits per heavy atom. The van der Waals surface area contributed by atoms with Gasteiger partial charge in [-0.2, -0.15) is 0 Å². The largest absolute Gasteiger partial charge is 0.493 e. The highest BCUT2D eigenvalue weighted by atomic mass is 16.5. The Bertz CT molecular complexity index is 504. The quantitative estimate of drug-likeness (QED) is 0.928. The Morgan fingerprint density at radius 3 is 2.67 bits per heavy atom. The van der Waals surface area contributed by atoms with Crippen LogP contribution in [0.2, 0.25) is 0 Å². The molecule has 1 aromatic carbocycles. The molecular weight excluding hydrogens is 260 g/mol. The molecule has 0 bridgehead atoms. The van der Waals surface area contributed by atoms with Crippen molar-refractivity contribution in [1.82, 2.24) is 4.90 Å². The lowest BCUT2D eigenvalue weighted by Gasteiger charge is -2.48. The van der Waals surface area contributed by atoms with E-state index in [0.29, 0.717) is 0 Å². The summed E-state index contributed by atoms with van der Waals surface area (Å²) in [6, 6.07) is 6.62. The fourth-order valence-corrected chi connectivity index (χ4v) is 4.01. The van der Waals surface area contributed by atoms with Gasteiger partial charge >= 0.3 is 0 Å². The van der Waals surface area contributed by atoms with Gasteiger partial charge in [0.05, 0.1) is 6.61 Å². The number of benzene rings is 1. The van der Waals surface area contributed by atoms with E-state index in [-0.39, 0.29) is 11.6 Å². The molecule has 1 aromatic rings. The number of likely N-dealkylation sites (N-methyl/N-ethyl adjacent to an activating group) is 1. The van der Waals surface area contributed by atoms with Gasteiger partial charge in [-0.1, -0.05) is 19.1 Å². The first-order chi connectivity index (χ1) is 10.0. The van der Waals surface area contributed by atoms with E-state index in [1.165, 1.54) is 36.8 Å². The van der Waals surface area contributed by atoms with E-state index >= 15 is 0 Å². The molecule has 21 heavy (non-hydrogen) atoms. The van der Waals surface area contributed by atoms with Gasteiger partial charge in [-0.15, -0.1) is 0 Å². The van der Waals surface area contributed by atoms with Crippen LogP contribution in [0.1, 0.15) is 49.8 Å². The highest BCUT2D eigenvalue weighted by Gasteiger charge is 2.42. The Morgan fingerprint density at radius 2 is 2.00 bits per heavy atom. The second kappa shape index (κ2) is 5.62. The van der Waals surface area contributed by atoms with Gasteiger partial charge in [0, 0.05) is 18.0 Å². The zero-order chi connectivity index (χ0) is 15.0. The van der Waals surface area contributed by atoms with Gasteiger partial charge in [0.25, 0.3) is 0 Å². The van der Waals surface area contributed by atoms with Gasteiger partial charge < -0.3 is 15.4 Å². The molecule has 1 heterocycles. The molecule has 1 unspecified atom stereocenters. The summed E-state index contributed by atoms with van der Waals surface area (Å²) in [6.45, 7) is 3.17. The number of nitrogens with two attached hydrogens (primary N) is 1. The molecule has 3 rings (SSSR count). The van der Waals surface area contributed by atoms with E-state index in [0.717, 1.165) is 24.7 Å². The molecule has 0 radical (unpaired) electrons.